The first kappa shape index (κ1) is 21.2. The van der Waals surface area contributed by atoms with Crippen LogP contribution in [-0.2, 0) is 6.54 Å². The minimum atomic E-state index is -0.254. The number of anilines is 1. The molecule has 0 unspecified atom stereocenters. The molecule has 1 aromatic carbocycles. The average molecular weight is 428 g/mol. The van der Waals surface area contributed by atoms with Gasteiger partial charge in [0.2, 0.25) is 0 Å². The van der Waals surface area contributed by atoms with E-state index in [2.05, 4.69) is 31.5 Å². The molecule has 1 aliphatic rings. The Morgan fingerprint density at radius 2 is 1.97 bits per heavy atom. The fraction of sp³-hybridized carbons (Fsp3) is 0.292. The van der Waals surface area contributed by atoms with Crippen LogP contribution in [0.1, 0.15) is 40.0 Å². The highest BCUT2D eigenvalue weighted by molar-refractivity contribution is 5.92. The van der Waals surface area contributed by atoms with Crippen LogP contribution in [-0.4, -0.2) is 40.3 Å². The number of aryl methyl sites for hydroxylation is 1. The van der Waals surface area contributed by atoms with Crippen molar-refractivity contribution in [2.75, 3.05) is 18.0 Å². The second-order valence-electron chi connectivity index (χ2n) is 7.72. The molecule has 0 atom stereocenters. The summed E-state index contributed by atoms with van der Waals surface area (Å²) in [5, 5.41) is 20.4. The van der Waals surface area contributed by atoms with E-state index in [1.807, 2.05) is 31.2 Å². The number of pyridine rings is 1. The molecular weight excluding hydrogens is 404 g/mol. The molecule has 8 heteroatoms. The molecule has 2 aromatic heterocycles. The number of piperidine rings is 1. The molecule has 1 fully saturated rings. The Kier molecular flexibility index (Phi) is 6.56. The van der Waals surface area contributed by atoms with Gasteiger partial charge in [0.25, 0.3) is 5.91 Å². The molecule has 3 aromatic rings. The lowest BCUT2D eigenvalue weighted by molar-refractivity contribution is 0.0945. The quantitative estimate of drug-likeness (QED) is 0.643. The summed E-state index contributed by atoms with van der Waals surface area (Å²) < 4.78 is 6.06. The van der Waals surface area contributed by atoms with Crippen molar-refractivity contribution in [3.8, 4) is 11.8 Å². The molecule has 162 valence electrons. The molecular formula is C24H24N6O2. The van der Waals surface area contributed by atoms with Gasteiger partial charge in [0.1, 0.15) is 11.9 Å². The molecule has 0 bridgehead atoms. The SMILES string of the molecule is Cc1cc(C(=O)NCc2ccncc2)nnc1N1CCC(Oc2cccc(C#N)c2)CC1. The number of hydrogen-bond donors (Lipinski definition) is 1. The molecule has 8 nitrogen and oxygen atoms in total. The summed E-state index contributed by atoms with van der Waals surface area (Å²) in [6, 6.07) is 14.9. The summed E-state index contributed by atoms with van der Waals surface area (Å²) in [7, 11) is 0. The average Bonchev–Trinajstić information content (AvgIpc) is 2.84. The standard InChI is InChI=1S/C24H24N6O2/c1-17-13-22(24(31)27-16-18-5-9-26-10-6-18)28-29-23(17)30-11-7-20(8-12-30)32-21-4-2-3-19(14-21)15-25/h2-6,9-10,13-14,20H,7-8,11-12,16H2,1H3,(H,27,31). The van der Waals surface area contributed by atoms with Crippen LogP contribution in [0.15, 0.2) is 54.9 Å². The van der Waals surface area contributed by atoms with Crippen LogP contribution in [0.3, 0.4) is 0 Å². The highest BCUT2D eigenvalue weighted by Crippen LogP contribution is 2.24. The number of aromatic nitrogens is 3. The lowest BCUT2D eigenvalue weighted by Crippen LogP contribution is -2.39. The number of nitrogens with zero attached hydrogens (tertiary/aromatic N) is 5. The summed E-state index contributed by atoms with van der Waals surface area (Å²) in [5.41, 5.74) is 2.78. The molecule has 0 saturated carbocycles. The molecule has 4 rings (SSSR count). The summed E-state index contributed by atoms with van der Waals surface area (Å²) in [5.74, 6) is 1.26. The van der Waals surface area contributed by atoms with Crippen molar-refractivity contribution in [1.29, 1.82) is 5.26 Å². The Balaban J connectivity index is 1.32. The molecule has 1 amide bonds. The van der Waals surface area contributed by atoms with Gasteiger partial charge >= 0.3 is 0 Å². The van der Waals surface area contributed by atoms with Crippen LogP contribution < -0.4 is 15.0 Å². The Morgan fingerprint density at radius 1 is 1.19 bits per heavy atom. The van der Waals surface area contributed by atoms with E-state index in [4.69, 9.17) is 10.00 Å². The second kappa shape index (κ2) is 9.88. The maximum absolute atomic E-state index is 12.4. The van der Waals surface area contributed by atoms with E-state index in [0.29, 0.717) is 17.8 Å². The van der Waals surface area contributed by atoms with Gasteiger partial charge in [0.15, 0.2) is 11.5 Å². The molecule has 32 heavy (non-hydrogen) atoms. The number of amides is 1. The number of carbonyl (C=O) groups excluding carboxylic acids is 1. The number of benzene rings is 1. The molecule has 0 aliphatic carbocycles. The topological polar surface area (TPSA) is 104 Å². The summed E-state index contributed by atoms with van der Waals surface area (Å²) in [6.07, 6.45) is 5.15. The maximum Gasteiger partial charge on any atom is 0.272 e. The van der Waals surface area contributed by atoms with Gasteiger partial charge in [-0.1, -0.05) is 6.07 Å². The molecule has 0 radical (unpaired) electrons. The summed E-state index contributed by atoms with van der Waals surface area (Å²) in [4.78, 5) is 18.6. The van der Waals surface area contributed by atoms with E-state index < -0.39 is 0 Å². The Bertz CT molecular complexity index is 1120. The first-order valence-corrected chi connectivity index (χ1v) is 10.6. The number of rotatable bonds is 6. The number of carbonyl (C=O) groups is 1. The van der Waals surface area contributed by atoms with Crippen LogP contribution in [0.4, 0.5) is 5.82 Å². The predicted molar refractivity (Wildman–Crippen MR) is 119 cm³/mol. The van der Waals surface area contributed by atoms with E-state index in [-0.39, 0.29) is 12.0 Å². The predicted octanol–water partition coefficient (Wildman–Crippen LogP) is 3.03. The number of nitrogens with one attached hydrogen (secondary N) is 1. The van der Waals surface area contributed by atoms with Crippen LogP contribution >= 0.6 is 0 Å². The van der Waals surface area contributed by atoms with Gasteiger partial charge in [-0.2, -0.15) is 5.26 Å². The number of hydrogen-bond acceptors (Lipinski definition) is 7. The van der Waals surface area contributed by atoms with Crippen molar-refractivity contribution in [2.24, 2.45) is 0 Å². The lowest BCUT2D eigenvalue weighted by atomic mass is 10.1. The third kappa shape index (κ3) is 5.19. The first-order chi connectivity index (χ1) is 15.6. The van der Waals surface area contributed by atoms with Crippen molar-refractivity contribution in [3.63, 3.8) is 0 Å². The fourth-order valence-electron chi connectivity index (χ4n) is 3.69. The van der Waals surface area contributed by atoms with E-state index in [1.165, 1.54) is 0 Å². The largest absolute Gasteiger partial charge is 0.490 e. The normalized spacial score (nSPS) is 13.9. The number of ether oxygens (including phenoxy) is 1. The highest BCUT2D eigenvalue weighted by atomic mass is 16.5. The molecule has 3 heterocycles. The minimum Gasteiger partial charge on any atom is -0.490 e. The third-order valence-electron chi connectivity index (χ3n) is 5.40. The van der Waals surface area contributed by atoms with Crippen LogP contribution in [0.25, 0.3) is 0 Å². The van der Waals surface area contributed by atoms with Gasteiger partial charge in [-0.3, -0.25) is 9.78 Å². The molecule has 1 N–H and O–H groups in total. The van der Waals surface area contributed by atoms with E-state index in [9.17, 15) is 4.79 Å². The summed E-state index contributed by atoms with van der Waals surface area (Å²) >= 11 is 0. The Hall–Kier alpha value is -3.99. The smallest absolute Gasteiger partial charge is 0.272 e. The van der Waals surface area contributed by atoms with E-state index >= 15 is 0 Å². The monoisotopic (exact) mass is 428 g/mol. The maximum atomic E-state index is 12.4. The van der Waals surface area contributed by atoms with Gasteiger partial charge in [-0.25, -0.2) is 0 Å². The first-order valence-electron chi connectivity index (χ1n) is 10.6. The van der Waals surface area contributed by atoms with Crippen LogP contribution in [0, 0.1) is 18.3 Å². The Morgan fingerprint density at radius 3 is 2.69 bits per heavy atom. The van der Waals surface area contributed by atoms with Crippen LogP contribution in [0.5, 0.6) is 5.75 Å². The zero-order valence-corrected chi connectivity index (χ0v) is 17.9. The van der Waals surface area contributed by atoms with Crippen molar-refractivity contribution >= 4 is 11.7 Å². The van der Waals surface area contributed by atoms with Crippen molar-refractivity contribution < 1.29 is 9.53 Å². The number of nitriles is 1. The minimum absolute atomic E-state index is 0.0895. The van der Waals surface area contributed by atoms with Gasteiger partial charge in [-0.15, -0.1) is 10.2 Å². The van der Waals surface area contributed by atoms with Crippen LogP contribution in [0.2, 0.25) is 0 Å². The molecule has 1 saturated heterocycles. The fourth-order valence-corrected chi connectivity index (χ4v) is 3.69. The van der Waals surface area contributed by atoms with Crippen molar-refractivity contribution in [1.82, 2.24) is 20.5 Å². The third-order valence-corrected chi connectivity index (χ3v) is 5.40. The van der Waals surface area contributed by atoms with E-state index in [0.717, 1.165) is 48.6 Å². The molecule has 0 spiro atoms. The lowest BCUT2D eigenvalue weighted by Gasteiger charge is -2.33. The zero-order chi connectivity index (χ0) is 22.3. The van der Waals surface area contributed by atoms with Crippen molar-refractivity contribution in [2.45, 2.75) is 32.4 Å². The van der Waals surface area contributed by atoms with E-state index in [1.54, 1.807) is 30.6 Å². The zero-order valence-electron chi connectivity index (χ0n) is 17.9. The molecule has 1 aliphatic heterocycles. The Labute approximate surface area is 186 Å². The van der Waals surface area contributed by atoms with Gasteiger partial charge in [0.05, 0.1) is 11.6 Å². The van der Waals surface area contributed by atoms with Crippen molar-refractivity contribution in [3.05, 3.63) is 77.2 Å². The van der Waals surface area contributed by atoms with Gasteiger partial charge in [0, 0.05) is 44.9 Å². The van der Waals surface area contributed by atoms with Gasteiger partial charge in [-0.05, 0) is 54.4 Å². The van der Waals surface area contributed by atoms with Gasteiger partial charge < -0.3 is 15.0 Å². The summed E-state index contributed by atoms with van der Waals surface area (Å²) in [6.45, 7) is 3.92. The second-order valence-corrected chi connectivity index (χ2v) is 7.72. The highest BCUT2D eigenvalue weighted by Gasteiger charge is 2.23.